The molecule has 0 aromatic heterocycles. The highest BCUT2D eigenvalue weighted by Gasteiger charge is 2.20. The van der Waals surface area contributed by atoms with E-state index in [1.54, 1.807) is 12.1 Å². The molecule has 0 heterocycles. The summed E-state index contributed by atoms with van der Waals surface area (Å²) in [6.07, 6.45) is 5.05. The normalized spacial score (nSPS) is 24.1. The molecule has 0 saturated heterocycles. The summed E-state index contributed by atoms with van der Waals surface area (Å²) < 4.78 is 5.91. The van der Waals surface area contributed by atoms with Crippen LogP contribution in [-0.2, 0) is 0 Å². The lowest BCUT2D eigenvalue weighted by atomic mass is 9.89. The number of ether oxygens (including phenoxy) is 1. The SMILES string of the molecule is C[C@@H]1CCC[C@H](Oc2ccc(C#N)c(Cl)c2)C1. The lowest BCUT2D eigenvalue weighted by Crippen LogP contribution is -2.24. The van der Waals surface area contributed by atoms with E-state index in [0.717, 1.165) is 24.5 Å². The summed E-state index contributed by atoms with van der Waals surface area (Å²) in [6, 6.07) is 7.32. The van der Waals surface area contributed by atoms with E-state index in [0.29, 0.717) is 16.7 Å². The van der Waals surface area contributed by atoms with Crippen LogP contribution in [0.15, 0.2) is 18.2 Å². The Kier molecular flexibility index (Phi) is 3.91. The first-order valence-electron chi connectivity index (χ1n) is 6.05. The van der Waals surface area contributed by atoms with E-state index in [4.69, 9.17) is 21.6 Å². The van der Waals surface area contributed by atoms with Crippen LogP contribution in [0.1, 0.15) is 38.2 Å². The predicted molar refractivity (Wildman–Crippen MR) is 68.2 cm³/mol. The molecule has 2 rings (SSSR count). The van der Waals surface area contributed by atoms with Crippen molar-refractivity contribution in [3.63, 3.8) is 0 Å². The Morgan fingerprint density at radius 3 is 2.88 bits per heavy atom. The Bertz CT molecular complexity index is 438. The number of benzene rings is 1. The van der Waals surface area contributed by atoms with Crippen molar-refractivity contribution in [3.8, 4) is 11.8 Å². The van der Waals surface area contributed by atoms with Crippen molar-refractivity contribution in [2.24, 2.45) is 5.92 Å². The maximum atomic E-state index is 8.79. The van der Waals surface area contributed by atoms with Crippen LogP contribution >= 0.6 is 11.6 Å². The molecule has 17 heavy (non-hydrogen) atoms. The van der Waals surface area contributed by atoms with Gasteiger partial charge in [0.15, 0.2) is 0 Å². The third-order valence-corrected chi connectivity index (χ3v) is 3.56. The zero-order valence-electron chi connectivity index (χ0n) is 9.95. The Labute approximate surface area is 107 Å². The van der Waals surface area contributed by atoms with E-state index in [2.05, 4.69) is 6.92 Å². The van der Waals surface area contributed by atoms with E-state index in [-0.39, 0.29) is 0 Å². The number of rotatable bonds is 2. The minimum absolute atomic E-state index is 0.294. The summed E-state index contributed by atoms with van der Waals surface area (Å²) in [5.41, 5.74) is 0.496. The van der Waals surface area contributed by atoms with Crippen LogP contribution in [-0.4, -0.2) is 6.10 Å². The van der Waals surface area contributed by atoms with Gasteiger partial charge in [-0.2, -0.15) is 5.26 Å². The van der Waals surface area contributed by atoms with Gasteiger partial charge in [0.25, 0.3) is 0 Å². The monoisotopic (exact) mass is 249 g/mol. The van der Waals surface area contributed by atoms with Gasteiger partial charge in [-0.3, -0.25) is 0 Å². The van der Waals surface area contributed by atoms with E-state index >= 15 is 0 Å². The fourth-order valence-corrected chi connectivity index (χ4v) is 2.55. The molecule has 2 nitrogen and oxygen atoms in total. The summed E-state index contributed by atoms with van der Waals surface area (Å²) in [5.74, 6) is 1.51. The van der Waals surface area contributed by atoms with Gasteiger partial charge < -0.3 is 4.74 Å². The zero-order valence-corrected chi connectivity index (χ0v) is 10.7. The number of nitriles is 1. The summed E-state index contributed by atoms with van der Waals surface area (Å²) in [4.78, 5) is 0. The topological polar surface area (TPSA) is 33.0 Å². The largest absolute Gasteiger partial charge is 0.490 e. The second-order valence-electron chi connectivity index (χ2n) is 4.77. The first kappa shape index (κ1) is 12.3. The molecule has 0 spiro atoms. The molecule has 1 aliphatic carbocycles. The molecule has 0 aliphatic heterocycles. The second-order valence-corrected chi connectivity index (χ2v) is 5.17. The van der Waals surface area contributed by atoms with Crippen molar-refractivity contribution >= 4 is 11.6 Å². The van der Waals surface area contributed by atoms with Gasteiger partial charge in [-0.25, -0.2) is 0 Å². The number of hydrogen-bond acceptors (Lipinski definition) is 2. The Morgan fingerprint density at radius 2 is 2.24 bits per heavy atom. The fraction of sp³-hybridized carbons (Fsp3) is 0.500. The van der Waals surface area contributed by atoms with Gasteiger partial charge in [0, 0.05) is 6.07 Å². The summed E-state index contributed by atoms with van der Waals surface area (Å²) >= 11 is 5.97. The standard InChI is InChI=1S/C14H16ClNO/c1-10-3-2-4-12(7-10)17-13-6-5-11(9-16)14(15)8-13/h5-6,8,10,12H,2-4,7H2,1H3/t10-,12+/m1/s1. The van der Waals surface area contributed by atoms with Crippen LogP contribution in [0.25, 0.3) is 0 Å². The van der Waals surface area contributed by atoms with Gasteiger partial charge in [-0.1, -0.05) is 24.9 Å². The van der Waals surface area contributed by atoms with Gasteiger partial charge in [0.2, 0.25) is 0 Å². The molecule has 3 heteroatoms. The van der Waals surface area contributed by atoms with Crippen molar-refractivity contribution in [3.05, 3.63) is 28.8 Å². The third-order valence-electron chi connectivity index (χ3n) is 3.25. The quantitative estimate of drug-likeness (QED) is 0.788. The zero-order chi connectivity index (χ0) is 12.3. The average molecular weight is 250 g/mol. The summed E-state index contributed by atoms with van der Waals surface area (Å²) in [6.45, 7) is 2.27. The van der Waals surface area contributed by atoms with Crippen LogP contribution in [0.3, 0.4) is 0 Å². The molecule has 1 aromatic rings. The van der Waals surface area contributed by atoms with Crippen LogP contribution in [0.2, 0.25) is 5.02 Å². The van der Waals surface area contributed by atoms with Crippen LogP contribution < -0.4 is 4.74 Å². The van der Waals surface area contributed by atoms with Crippen LogP contribution in [0.4, 0.5) is 0 Å². The second kappa shape index (κ2) is 5.42. The first-order chi connectivity index (χ1) is 8.19. The lowest BCUT2D eigenvalue weighted by molar-refractivity contribution is 0.129. The van der Waals surface area contributed by atoms with Gasteiger partial charge in [0.1, 0.15) is 11.8 Å². The highest BCUT2D eigenvalue weighted by atomic mass is 35.5. The Balaban J connectivity index is 2.04. The minimum atomic E-state index is 0.294. The molecule has 2 atom stereocenters. The van der Waals surface area contributed by atoms with Gasteiger partial charge in [-0.05, 0) is 37.3 Å². The first-order valence-corrected chi connectivity index (χ1v) is 6.43. The van der Waals surface area contributed by atoms with Crippen molar-refractivity contribution in [1.29, 1.82) is 5.26 Å². The Hall–Kier alpha value is -1.20. The molecular weight excluding hydrogens is 234 g/mol. The number of halogens is 1. The maximum absolute atomic E-state index is 8.79. The highest BCUT2D eigenvalue weighted by molar-refractivity contribution is 6.31. The van der Waals surface area contributed by atoms with Crippen molar-refractivity contribution in [2.75, 3.05) is 0 Å². The summed E-state index contributed by atoms with van der Waals surface area (Å²) in [7, 11) is 0. The van der Waals surface area contributed by atoms with E-state index in [1.165, 1.54) is 12.8 Å². The number of hydrogen-bond donors (Lipinski definition) is 0. The molecular formula is C14H16ClNO. The van der Waals surface area contributed by atoms with Gasteiger partial charge >= 0.3 is 0 Å². The summed E-state index contributed by atoms with van der Waals surface area (Å²) in [5, 5.41) is 9.26. The molecule has 90 valence electrons. The molecule has 0 N–H and O–H groups in total. The molecule has 1 fully saturated rings. The maximum Gasteiger partial charge on any atom is 0.121 e. The van der Waals surface area contributed by atoms with E-state index in [1.807, 2.05) is 12.1 Å². The molecule has 1 saturated carbocycles. The van der Waals surface area contributed by atoms with Crippen molar-refractivity contribution in [2.45, 2.75) is 38.7 Å². The lowest BCUT2D eigenvalue weighted by Gasteiger charge is -2.27. The smallest absolute Gasteiger partial charge is 0.121 e. The molecule has 0 amide bonds. The number of nitrogens with zero attached hydrogens (tertiary/aromatic N) is 1. The molecule has 1 aromatic carbocycles. The Morgan fingerprint density at radius 1 is 1.41 bits per heavy atom. The van der Waals surface area contributed by atoms with Gasteiger partial charge in [0.05, 0.1) is 16.7 Å². The van der Waals surface area contributed by atoms with E-state index < -0.39 is 0 Å². The fourth-order valence-electron chi connectivity index (χ4n) is 2.34. The molecule has 0 unspecified atom stereocenters. The van der Waals surface area contributed by atoms with E-state index in [9.17, 15) is 0 Å². The molecule has 1 aliphatic rings. The predicted octanol–water partition coefficient (Wildman–Crippen LogP) is 4.17. The average Bonchev–Trinajstić information content (AvgIpc) is 2.29. The highest BCUT2D eigenvalue weighted by Crippen LogP contribution is 2.29. The third kappa shape index (κ3) is 3.14. The minimum Gasteiger partial charge on any atom is -0.490 e. The molecule has 0 bridgehead atoms. The van der Waals surface area contributed by atoms with Crippen molar-refractivity contribution < 1.29 is 4.74 Å². The van der Waals surface area contributed by atoms with Crippen LogP contribution in [0, 0.1) is 17.2 Å². The van der Waals surface area contributed by atoms with Crippen LogP contribution in [0.5, 0.6) is 5.75 Å². The molecule has 0 radical (unpaired) electrons. The van der Waals surface area contributed by atoms with Crippen molar-refractivity contribution in [1.82, 2.24) is 0 Å². The van der Waals surface area contributed by atoms with Gasteiger partial charge in [-0.15, -0.1) is 0 Å².